The van der Waals surface area contributed by atoms with E-state index in [-0.39, 0.29) is 34.4 Å². The van der Waals surface area contributed by atoms with Gasteiger partial charge in [-0.15, -0.1) is 0 Å². The molecule has 0 saturated carbocycles. The molecule has 1 fully saturated rings. The highest BCUT2D eigenvalue weighted by Gasteiger charge is 2.34. The Labute approximate surface area is 228 Å². The Morgan fingerprint density at radius 3 is 2.38 bits per heavy atom. The minimum atomic E-state index is -4.56. The summed E-state index contributed by atoms with van der Waals surface area (Å²) in [5.74, 6) is -1.09. The maximum absolute atomic E-state index is 13.7. The third-order valence-electron chi connectivity index (χ3n) is 7.05. The van der Waals surface area contributed by atoms with Crippen LogP contribution in [0.4, 0.5) is 23.2 Å². The van der Waals surface area contributed by atoms with Gasteiger partial charge in [-0.2, -0.15) is 13.2 Å². The number of aromatic nitrogens is 1. The van der Waals surface area contributed by atoms with Crippen molar-refractivity contribution in [1.82, 2.24) is 9.88 Å². The normalized spacial score (nSPS) is 14.8. The van der Waals surface area contributed by atoms with Gasteiger partial charge in [0.05, 0.1) is 11.1 Å². The number of amides is 1. The Hall–Kier alpha value is -3.99. The summed E-state index contributed by atoms with van der Waals surface area (Å²) in [4.78, 5) is 18.9. The number of fused-ring (bicyclic) bond motifs is 1. The minimum absolute atomic E-state index is 0.0363. The number of nitrogens with zero attached hydrogens (tertiary/aromatic N) is 2. The van der Waals surface area contributed by atoms with Crippen LogP contribution in [0.1, 0.15) is 34.3 Å². The Bertz CT molecular complexity index is 1640. The standard InChI is InChI=1S/C29H25F4N3O3S/c30-23-8-11-25(29(31,32)33)22(18-23)17-19-12-15-36(16-13-19)28(37)21-6-9-24(10-7-21)35-40(38,39)26-5-1-3-20-4-2-14-34-27(20)26/h1-11,14,18-19,35H,12-13,15-17H2. The predicted octanol–water partition coefficient (Wildman–Crippen LogP) is 6.29. The molecule has 40 heavy (non-hydrogen) atoms. The zero-order valence-corrected chi connectivity index (χ0v) is 22.0. The highest BCUT2D eigenvalue weighted by Crippen LogP contribution is 2.35. The Balaban J connectivity index is 1.22. The second-order valence-electron chi connectivity index (χ2n) is 9.75. The largest absolute Gasteiger partial charge is 0.416 e. The van der Waals surface area contributed by atoms with Crippen molar-refractivity contribution in [2.24, 2.45) is 5.92 Å². The number of benzene rings is 3. The summed E-state index contributed by atoms with van der Waals surface area (Å²) in [6.45, 7) is 0.700. The number of pyridine rings is 1. The first-order chi connectivity index (χ1) is 19.0. The number of para-hydroxylation sites is 1. The summed E-state index contributed by atoms with van der Waals surface area (Å²) in [7, 11) is -3.94. The van der Waals surface area contributed by atoms with Gasteiger partial charge in [-0.25, -0.2) is 12.8 Å². The van der Waals surface area contributed by atoms with E-state index in [1.165, 1.54) is 36.5 Å². The number of alkyl halides is 3. The van der Waals surface area contributed by atoms with Crippen LogP contribution in [-0.4, -0.2) is 37.3 Å². The average molecular weight is 572 g/mol. The summed E-state index contributed by atoms with van der Waals surface area (Å²) >= 11 is 0. The molecule has 0 bridgehead atoms. The molecule has 0 unspecified atom stereocenters. The van der Waals surface area contributed by atoms with Crippen molar-refractivity contribution in [2.45, 2.75) is 30.3 Å². The van der Waals surface area contributed by atoms with Crippen LogP contribution in [0.15, 0.2) is 83.9 Å². The van der Waals surface area contributed by atoms with Crippen LogP contribution in [0.25, 0.3) is 10.9 Å². The molecule has 0 aliphatic carbocycles. The molecule has 1 aliphatic heterocycles. The molecule has 4 aromatic rings. The maximum Gasteiger partial charge on any atom is 0.416 e. The fourth-order valence-electron chi connectivity index (χ4n) is 5.03. The molecule has 0 atom stereocenters. The molecule has 6 nitrogen and oxygen atoms in total. The van der Waals surface area contributed by atoms with E-state index in [1.807, 2.05) is 0 Å². The lowest BCUT2D eigenvalue weighted by atomic mass is 9.88. The highest BCUT2D eigenvalue weighted by molar-refractivity contribution is 7.93. The van der Waals surface area contributed by atoms with Crippen LogP contribution in [-0.2, 0) is 22.6 Å². The second-order valence-corrected chi connectivity index (χ2v) is 11.4. The van der Waals surface area contributed by atoms with Crippen molar-refractivity contribution in [3.05, 3.63) is 102 Å². The van der Waals surface area contributed by atoms with Gasteiger partial charge in [0.1, 0.15) is 10.7 Å². The predicted molar refractivity (Wildman–Crippen MR) is 143 cm³/mol. The fourth-order valence-corrected chi connectivity index (χ4v) is 6.26. The van der Waals surface area contributed by atoms with Crippen LogP contribution >= 0.6 is 0 Å². The number of nitrogens with one attached hydrogen (secondary N) is 1. The number of piperidine rings is 1. The smallest absolute Gasteiger partial charge is 0.339 e. The zero-order chi connectivity index (χ0) is 28.5. The average Bonchev–Trinajstić information content (AvgIpc) is 2.92. The molecule has 1 N–H and O–H groups in total. The van der Waals surface area contributed by atoms with Gasteiger partial charge in [0.15, 0.2) is 0 Å². The molecule has 0 radical (unpaired) electrons. The number of halogens is 4. The van der Waals surface area contributed by atoms with Crippen LogP contribution in [0.3, 0.4) is 0 Å². The summed E-state index contributed by atoms with van der Waals surface area (Å²) in [6.07, 6.45) is -2.00. The van der Waals surface area contributed by atoms with Crippen LogP contribution in [0.2, 0.25) is 0 Å². The van der Waals surface area contributed by atoms with E-state index in [4.69, 9.17) is 0 Å². The first-order valence-electron chi connectivity index (χ1n) is 12.6. The van der Waals surface area contributed by atoms with Gasteiger partial charge >= 0.3 is 6.18 Å². The molecule has 208 valence electrons. The van der Waals surface area contributed by atoms with Crippen molar-refractivity contribution in [3.63, 3.8) is 0 Å². The summed E-state index contributed by atoms with van der Waals surface area (Å²) in [6, 6.07) is 16.9. The van der Waals surface area contributed by atoms with Gasteiger partial charge < -0.3 is 4.90 Å². The van der Waals surface area contributed by atoms with E-state index in [0.29, 0.717) is 42.4 Å². The summed E-state index contributed by atoms with van der Waals surface area (Å²) in [5, 5.41) is 0.687. The third kappa shape index (κ3) is 5.94. The first kappa shape index (κ1) is 27.6. The topological polar surface area (TPSA) is 79.4 Å². The number of hydrogen-bond acceptors (Lipinski definition) is 4. The lowest BCUT2D eigenvalue weighted by Crippen LogP contribution is -2.39. The molecule has 1 saturated heterocycles. The van der Waals surface area contributed by atoms with Gasteiger partial charge in [-0.05, 0) is 85.3 Å². The molecule has 2 heterocycles. The lowest BCUT2D eigenvalue weighted by Gasteiger charge is -2.32. The summed E-state index contributed by atoms with van der Waals surface area (Å²) in [5.41, 5.74) is 0.0747. The van der Waals surface area contributed by atoms with Crippen LogP contribution in [0.5, 0.6) is 0 Å². The highest BCUT2D eigenvalue weighted by atomic mass is 32.2. The molecule has 1 aliphatic rings. The molecule has 0 spiro atoms. The number of anilines is 1. The van der Waals surface area contributed by atoms with Crippen molar-refractivity contribution >= 4 is 32.5 Å². The molecule has 1 aromatic heterocycles. The van der Waals surface area contributed by atoms with Gasteiger partial charge in [0.25, 0.3) is 15.9 Å². The molecular formula is C29H25F4N3O3S. The second kappa shape index (κ2) is 10.9. The van der Waals surface area contributed by atoms with E-state index in [9.17, 15) is 30.8 Å². The number of rotatable bonds is 6. The van der Waals surface area contributed by atoms with E-state index in [0.717, 1.165) is 18.2 Å². The molecule has 11 heteroatoms. The minimum Gasteiger partial charge on any atom is -0.339 e. The molecule has 1 amide bonds. The van der Waals surface area contributed by atoms with E-state index in [1.54, 1.807) is 29.2 Å². The first-order valence-corrected chi connectivity index (χ1v) is 14.1. The van der Waals surface area contributed by atoms with Gasteiger partial charge in [0.2, 0.25) is 0 Å². The number of carbonyl (C=O) groups excluding carboxylic acids is 1. The zero-order valence-electron chi connectivity index (χ0n) is 21.2. The van der Waals surface area contributed by atoms with Crippen molar-refractivity contribution in [2.75, 3.05) is 17.8 Å². The number of hydrogen-bond donors (Lipinski definition) is 1. The quantitative estimate of drug-likeness (QED) is 0.276. The molecule has 3 aromatic carbocycles. The number of sulfonamides is 1. The Morgan fingerprint density at radius 2 is 1.68 bits per heavy atom. The van der Waals surface area contributed by atoms with Crippen molar-refractivity contribution in [3.8, 4) is 0 Å². The van der Waals surface area contributed by atoms with Gasteiger partial charge in [-0.3, -0.25) is 14.5 Å². The molecular weight excluding hydrogens is 546 g/mol. The Morgan fingerprint density at radius 1 is 0.975 bits per heavy atom. The number of likely N-dealkylation sites (tertiary alicyclic amines) is 1. The Kier molecular flexibility index (Phi) is 7.50. The third-order valence-corrected chi connectivity index (χ3v) is 8.47. The van der Waals surface area contributed by atoms with Gasteiger partial charge in [0, 0.05) is 35.9 Å². The summed E-state index contributed by atoms with van der Waals surface area (Å²) < 4.78 is 82.3. The van der Waals surface area contributed by atoms with E-state index >= 15 is 0 Å². The van der Waals surface area contributed by atoms with Crippen LogP contribution < -0.4 is 4.72 Å². The van der Waals surface area contributed by atoms with E-state index < -0.39 is 27.6 Å². The maximum atomic E-state index is 13.7. The van der Waals surface area contributed by atoms with Crippen LogP contribution in [0, 0.1) is 11.7 Å². The van der Waals surface area contributed by atoms with Crippen molar-refractivity contribution < 1.29 is 30.8 Å². The molecule has 5 rings (SSSR count). The SMILES string of the molecule is O=C(c1ccc(NS(=O)(=O)c2cccc3cccnc23)cc1)N1CCC(Cc2cc(F)ccc2C(F)(F)F)CC1. The fraction of sp³-hybridized carbons (Fsp3) is 0.241. The van der Waals surface area contributed by atoms with E-state index in [2.05, 4.69) is 9.71 Å². The van der Waals surface area contributed by atoms with Gasteiger partial charge in [-0.1, -0.05) is 18.2 Å². The lowest BCUT2D eigenvalue weighted by molar-refractivity contribution is -0.138. The monoisotopic (exact) mass is 571 g/mol. The number of carbonyl (C=O) groups is 1. The van der Waals surface area contributed by atoms with Crippen molar-refractivity contribution in [1.29, 1.82) is 0 Å².